The van der Waals surface area contributed by atoms with Crippen molar-refractivity contribution < 1.29 is 4.42 Å². The van der Waals surface area contributed by atoms with Gasteiger partial charge in [0.1, 0.15) is 5.58 Å². The van der Waals surface area contributed by atoms with Gasteiger partial charge in [-0.05, 0) is 47.5 Å². The van der Waals surface area contributed by atoms with Crippen LogP contribution in [0.2, 0.25) is 5.02 Å². The molecule has 1 heterocycles. The topological polar surface area (TPSA) is 42.6 Å². The summed E-state index contributed by atoms with van der Waals surface area (Å²) in [6.45, 7) is 0. The Morgan fingerprint density at radius 2 is 1.64 bits per heavy atom. The van der Waals surface area contributed by atoms with Gasteiger partial charge in [0, 0.05) is 16.6 Å². The van der Waals surface area contributed by atoms with Crippen molar-refractivity contribution in [1.29, 1.82) is 0 Å². The smallest absolute Gasteiger partial charge is 0.344 e. The summed E-state index contributed by atoms with van der Waals surface area (Å²) in [4.78, 5) is 16.7. The number of allylic oxidation sites excluding steroid dienone is 1. The molecule has 0 bridgehead atoms. The van der Waals surface area contributed by atoms with E-state index in [1.807, 2.05) is 84.9 Å². The highest BCUT2D eigenvalue weighted by atomic mass is 35.5. The highest BCUT2D eigenvalue weighted by Gasteiger charge is 2.07. The summed E-state index contributed by atoms with van der Waals surface area (Å²) in [6.07, 6.45) is 5.45. The van der Waals surface area contributed by atoms with Gasteiger partial charge in [0.2, 0.25) is 0 Å². The lowest BCUT2D eigenvalue weighted by atomic mass is 10.1. The second kappa shape index (κ2) is 8.07. The standard InChI is InChI=1S/C24H16ClNO2/c25-22-9-3-1-6-18(22)8-5-15-26-20-13-11-17(12-14-20)21-16-19-7-2-4-10-23(19)28-24(21)27/h1-16H. The molecule has 0 unspecified atom stereocenters. The third-order valence-electron chi connectivity index (χ3n) is 4.31. The molecule has 1 aromatic heterocycles. The fourth-order valence-corrected chi connectivity index (χ4v) is 3.08. The molecule has 0 N–H and O–H groups in total. The van der Waals surface area contributed by atoms with Crippen molar-refractivity contribution in [3.8, 4) is 11.1 Å². The second-order valence-corrected chi connectivity index (χ2v) is 6.60. The maximum Gasteiger partial charge on any atom is 0.344 e. The number of hydrogen-bond acceptors (Lipinski definition) is 3. The number of rotatable bonds is 4. The van der Waals surface area contributed by atoms with Gasteiger partial charge in [-0.1, -0.05) is 66.2 Å². The van der Waals surface area contributed by atoms with Crippen molar-refractivity contribution in [2.75, 3.05) is 0 Å². The van der Waals surface area contributed by atoms with Crippen LogP contribution in [0.4, 0.5) is 5.69 Å². The van der Waals surface area contributed by atoms with Crippen molar-refractivity contribution in [3.05, 3.63) is 106 Å². The number of hydrogen-bond donors (Lipinski definition) is 0. The van der Waals surface area contributed by atoms with E-state index in [0.29, 0.717) is 16.2 Å². The molecule has 0 saturated heterocycles. The monoisotopic (exact) mass is 385 g/mol. The molecule has 0 aliphatic heterocycles. The van der Waals surface area contributed by atoms with Crippen LogP contribution >= 0.6 is 11.6 Å². The molecule has 0 aliphatic rings. The fraction of sp³-hybridized carbons (Fsp3) is 0. The molecule has 0 saturated carbocycles. The fourth-order valence-electron chi connectivity index (χ4n) is 2.88. The molecule has 0 amide bonds. The Balaban J connectivity index is 1.54. The first kappa shape index (κ1) is 18.0. The lowest BCUT2D eigenvalue weighted by Gasteiger charge is -2.03. The maximum absolute atomic E-state index is 12.3. The SMILES string of the molecule is O=c1oc2ccccc2cc1-c1ccc(N=CC=Cc2ccccc2Cl)cc1. The van der Waals surface area contributed by atoms with E-state index in [4.69, 9.17) is 16.0 Å². The zero-order valence-corrected chi connectivity index (χ0v) is 15.6. The normalized spacial score (nSPS) is 11.6. The van der Waals surface area contributed by atoms with Crippen LogP contribution in [0, 0.1) is 0 Å². The van der Waals surface area contributed by atoms with Crippen molar-refractivity contribution in [2.45, 2.75) is 0 Å². The number of para-hydroxylation sites is 1. The maximum atomic E-state index is 12.3. The van der Waals surface area contributed by atoms with E-state index in [0.717, 1.165) is 22.2 Å². The van der Waals surface area contributed by atoms with Crippen LogP contribution in [0.25, 0.3) is 28.2 Å². The zero-order chi connectivity index (χ0) is 19.3. The predicted molar refractivity (Wildman–Crippen MR) is 117 cm³/mol. The summed E-state index contributed by atoms with van der Waals surface area (Å²) in [7, 11) is 0. The molecule has 0 aliphatic carbocycles. The van der Waals surface area contributed by atoms with Gasteiger partial charge in [-0.3, -0.25) is 4.99 Å². The van der Waals surface area contributed by atoms with Gasteiger partial charge in [-0.25, -0.2) is 4.79 Å². The molecule has 0 atom stereocenters. The summed E-state index contributed by atoms with van der Waals surface area (Å²) in [6, 6.07) is 24.4. The Bertz CT molecular complexity index is 1240. The average Bonchev–Trinajstić information content (AvgIpc) is 2.72. The van der Waals surface area contributed by atoms with Gasteiger partial charge in [-0.15, -0.1) is 0 Å². The Kier molecular flexibility index (Phi) is 5.18. The van der Waals surface area contributed by atoms with Crippen molar-refractivity contribution >= 4 is 40.5 Å². The first-order valence-corrected chi connectivity index (χ1v) is 9.17. The minimum absolute atomic E-state index is 0.349. The van der Waals surface area contributed by atoms with Gasteiger partial charge >= 0.3 is 5.63 Å². The van der Waals surface area contributed by atoms with E-state index in [2.05, 4.69) is 4.99 Å². The van der Waals surface area contributed by atoms with Crippen molar-refractivity contribution in [3.63, 3.8) is 0 Å². The van der Waals surface area contributed by atoms with Crippen LogP contribution in [-0.4, -0.2) is 6.21 Å². The summed E-state index contributed by atoms with van der Waals surface area (Å²) >= 11 is 6.12. The zero-order valence-electron chi connectivity index (χ0n) is 14.9. The molecular formula is C24H16ClNO2. The molecule has 0 radical (unpaired) electrons. The molecule has 4 rings (SSSR count). The van der Waals surface area contributed by atoms with Crippen LogP contribution in [0.15, 0.2) is 99.1 Å². The Morgan fingerprint density at radius 3 is 2.46 bits per heavy atom. The van der Waals surface area contributed by atoms with Crippen molar-refractivity contribution in [1.82, 2.24) is 0 Å². The molecule has 0 fully saturated rings. The number of aliphatic imine (C=N–C) groups is 1. The van der Waals surface area contributed by atoms with E-state index in [1.54, 1.807) is 12.3 Å². The summed E-state index contributed by atoms with van der Waals surface area (Å²) < 4.78 is 5.40. The van der Waals surface area contributed by atoms with E-state index in [9.17, 15) is 4.79 Å². The van der Waals surface area contributed by atoms with Gasteiger partial charge in [0.25, 0.3) is 0 Å². The van der Waals surface area contributed by atoms with Crippen LogP contribution in [-0.2, 0) is 0 Å². The van der Waals surface area contributed by atoms with Crippen LogP contribution in [0.3, 0.4) is 0 Å². The van der Waals surface area contributed by atoms with E-state index < -0.39 is 0 Å². The van der Waals surface area contributed by atoms with Crippen LogP contribution in [0.5, 0.6) is 0 Å². The van der Waals surface area contributed by atoms with Gasteiger partial charge < -0.3 is 4.42 Å². The first-order chi connectivity index (χ1) is 13.7. The summed E-state index contributed by atoms with van der Waals surface area (Å²) in [5, 5.41) is 1.59. The Labute approximate surface area is 167 Å². The third-order valence-corrected chi connectivity index (χ3v) is 4.65. The number of halogens is 1. The molecule has 136 valence electrons. The second-order valence-electron chi connectivity index (χ2n) is 6.19. The lowest BCUT2D eigenvalue weighted by Crippen LogP contribution is -2.02. The van der Waals surface area contributed by atoms with E-state index in [-0.39, 0.29) is 5.63 Å². The number of fused-ring (bicyclic) bond motifs is 1. The molecule has 4 aromatic rings. The minimum atomic E-state index is -0.349. The van der Waals surface area contributed by atoms with Crippen molar-refractivity contribution in [2.24, 2.45) is 4.99 Å². The van der Waals surface area contributed by atoms with Gasteiger partial charge in [0.15, 0.2) is 0 Å². The van der Waals surface area contributed by atoms with Gasteiger partial charge in [-0.2, -0.15) is 0 Å². The summed E-state index contributed by atoms with van der Waals surface area (Å²) in [5.74, 6) is 0. The van der Waals surface area contributed by atoms with E-state index >= 15 is 0 Å². The minimum Gasteiger partial charge on any atom is -0.422 e. The number of nitrogens with zero attached hydrogens (tertiary/aromatic N) is 1. The highest BCUT2D eigenvalue weighted by molar-refractivity contribution is 6.32. The lowest BCUT2D eigenvalue weighted by molar-refractivity contribution is 0.563. The third kappa shape index (κ3) is 3.95. The summed E-state index contributed by atoms with van der Waals surface area (Å²) in [5.41, 5.74) is 3.30. The highest BCUT2D eigenvalue weighted by Crippen LogP contribution is 2.23. The molecule has 4 heteroatoms. The quantitative estimate of drug-likeness (QED) is 0.296. The van der Waals surface area contributed by atoms with Gasteiger partial charge in [0.05, 0.1) is 11.3 Å². The largest absolute Gasteiger partial charge is 0.422 e. The Morgan fingerprint density at radius 1 is 0.893 bits per heavy atom. The predicted octanol–water partition coefficient (Wildman–Crippen LogP) is 6.53. The van der Waals surface area contributed by atoms with Crippen LogP contribution < -0.4 is 5.63 Å². The molecule has 28 heavy (non-hydrogen) atoms. The molecule has 3 aromatic carbocycles. The van der Waals surface area contributed by atoms with E-state index in [1.165, 1.54) is 0 Å². The molecule has 0 spiro atoms. The average molecular weight is 386 g/mol. The first-order valence-electron chi connectivity index (χ1n) is 8.79. The molecule has 3 nitrogen and oxygen atoms in total. The number of benzene rings is 3. The molecular weight excluding hydrogens is 370 g/mol. The van der Waals surface area contributed by atoms with Crippen LogP contribution in [0.1, 0.15) is 5.56 Å². The Hall–Kier alpha value is -3.43.